The lowest BCUT2D eigenvalue weighted by Gasteiger charge is -2.46. The summed E-state index contributed by atoms with van der Waals surface area (Å²) in [5, 5.41) is 20.2. The van der Waals surface area contributed by atoms with E-state index in [4.69, 9.17) is 11.5 Å². The van der Waals surface area contributed by atoms with E-state index in [2.05, 4.69) is 30.9 Å². The maximum Gasteiger partial charge on any atom is 0.417 e. The molecule has 8 N–H and O–H groups in total. The lowest BCUT2D eigenvalue weighted by Crippen LogP contribution is -2.73. The molecule has 1 aliphatic carbocycles. The lowest BCUT2D eigenvalue weighted by atomic mass is 9.87. The topological polar surface area (TPSA) is 183 Å². The Morgan fingerprint density at radius 2 is 1.90 bits per heavy atom. The summed E-state index contributed by atoms with van der Waals surface area (Å²) in [6.45, 7) is -0.00102. The molecule has 1 fully saturated rings. The van der Waals surface area contributed by atoms with Gasteiger partial charge in [0, 0.05) is 24.8 Å². The van der Waals surface area contributed by atoms with Crippen LogP contribution in [-0.4, -0.2) is 81.7 Å². The highest BCUT2D eigenvalue weighted by Gasteiger charge is 2.65. The number of fused-ring (bicyclic) bond motifs is 1. The standard InChI is InChI=1S/C27H30F3N9O3/c28-27(29,30)14-8-9-17(33-10-14)23(42)34-11-18-20-26(38-24(31)37-20)21(40)19(12-39(26)25(32)36-18)35-22(41)16-7-3-5-13-4-1-2-6-15(13)16/h3,5,7-10,18-21,40H,1-2,4,6,11-12H2,(H2,32,36)(H,34,42)(H,35,41)(H3,31,37,38)/t18-,19?,20?,21+,26?/m0/s1. The molecule has 0 saturated carbocycles. The van der Waals surface area contributed by atoms with E-state index in [0.29, 0.717) is 11.8 Å². The summed E-state index contributed by atoms with van der Waals surface area (Å²) in [4.78, 5) is 40.2. The van der Waals surface area contributed by atoms with Gasteiger partial charge in [0.2, 0.25) is 0 Å². The van der Waals surface area contributed by atoms with E-state index in [1.54, 1.807) is 11.0 Å². The van der Waals surface area contributed by atoms with Crippen molar-refractivity contribution < 1.29 is 27.9 Å². The third-order valence-electron chi connectivity index (χ3n) is 8.41. The van der Waals surface area contributed by atoms with E-state index in [1.165, 1.54) is 0 Å². The molecule has 15 heteroatoms. The van der Waals surface area contributed by atoms with Gasteiger partial charge in [0.05, 0.1) is 17.6 Å². The van der Waals surface area contributed by atoms with E-state index >= 15 is 0 Å². The Bertz CT molecular complexity index is 1480. The van der Waals surface area contributed by atoms with Crippen LogP contribution < -0.4 is 27.4 Å². The number of aliphatic imine (C=N–C) groups is 2. The van der Waals surface area contributed by atoms with Gasteiger partial charge in [0.25, 0.3) is 11.8 Å². The predicted molar refractivity (Wildman–Crippen MR) is 145 cm³/mol. The summed E-state index contributed by atoms with van der Waals surface area (Å²) in [6.07, 6.45) is -1.41. The Balaban J connectivity index is 1.19. The van der Waals surface area contributed by atoms with Crippen molar-refractivity contribution in [1.82, 2.24) is 25.8 Å². The van der Waals surface area contributed by atoms with E-state index in [9.17, 15) is 27.9 Å². The number of pyridine rings is 1. The molecule has 6 rings (SSSR count). The van der Waals surface area contributed by atoms with Crippen LogP contribution in [-0.2, 0) is 19.0 Å². The SMILES string of the molecule is NC1=NC2[C@H](CNC(=O)c3ccc(C(F)(F)F)cn3)N=C(N)N3CC(NC(=O)c4cccc5c4CCCC5)[C@@H](O)C23N1. The van der Waals surface area contributed by atoms with Crippen LogP contribution in [0.1, 0.15) is 50.4 Å². The van der Waals surface area contributed by atoms with Gasteiger partial charge < -0.3 is 37.4 Å². The Labute approximate surface area is 238 Å². The molecule has 2 amide bonds. The molecule has 4 aliphatic rings. The van der Waals surface area contributed by atoms with Crippen molar-refractivity contribution in [3.05, 3.63) is 64.5 Å². The molecular weight excluding hydrogens is 555 g/mol. The fourth-order valence-electron chi connectivity index (χ4n) is 6.43. The first kappa shape index (κ1) is 27.8. The van der Waals surface area contributed by atoms with Gasteiger partial charge >= 0.3 is 6.18 Å². The van der Waals surface area contributed by atoms with E-state index in [0.717, 1.165) is 48.9 Å². The highest BCUT2D eigenvalue weighted by Crippen LogP contribution is 2.40. The highest BCUT2D eigenvalue weighted by atomic mass is 19.4. The number of amides is 2. The highest BCUT2D eigenvalue weighted by molar-refractivity contribution is 5.97. The van der Waals surface area contributed by atoms with Crippen molar-refractivity contribution in [2.75, 3.05) is 13.1 Å². The van der Waals surface area contributed by atoms with Gasteiger partial charge in [-0.2, -0.15) is 13.2 Å². The Morgan fingerprint density at radius 1 is 1.12 bits per heavy atom. The molecule has 0 bridgehead atoms. The van der Waals surface area contributed by atoms with Crippen LogP contribution in [0.2, 0.25) is 0 Å². The van der Waals surface area contributed by atoms with Crippen LogP contribution in [0.4, 0.5) is 13.2 Å². The molecule has 4 heterocycles. The number of nitrogens with two attached hydrogens (primary N) is 2. The molecule has 5 atom stereocenters. The van der Waals surface area contributed by atoms with Crippen molar-refractivity contribution in [2.45, 2.75) is 61.8 Å². The minimum atomic E-state index is -4.58. The summed E-state index contributed by atoms with van der Waals surface area (Å²) >= 11 is 0. The van der Waals surface area contributed by atoms with Gasteiger partial charge in [0.15, 0.2) is 17.6 Å². The second kappa shape index (κ2) is 10.2. The van der Waals surface area contributed by atoms with Gasteiger partial charge in [-0.05, 0) is 55.0 Å². The third-order valence-corrected chi connectivity index (χ3v) is 8.41. The number of hydrogen-bond acceptors (Lipinski definition) is 10. The minimum absolute atomic E-state index is 0.0267. The average molecular weight is 586 g/mol. The molecule has 42 heavy (non-hydrogen) atoms. The number of nitrogens with one attached hydrogen (secondary N) is 3. The van der Waals surface area contributed by atoms with Gasteiger partial charge in [-0.25, -0.2) is 9.98 Å². The Kier molecular flexibility index (Phi) is 6.71. The molecule has 1 spiro atoms. The summed E-state index contributed by atoms with van der Waals surface area (Å²) in [5.74, 6) is -0.955. The predicted octanol–water partition coefficient (Wildman–Crippen LogP) is -0.136. The number of hydrogen-bond donors (Lipinski definition) is 6. The molecule has 1 aromatic heterocycles. The van der Waals surface area contributed by atoms with E-state index in [1.807, 2.05) is 12.1 Å². The maximum atomic E-state index is 13.4. The number of aliphatic hydroxyl groups is 1. The fraction of sp³-hybridized carbons (Fsp3) is 0.444. The Hall–Kier alpha value is -4.40. The number of rotatable bonds is 5. The van der Waals surface area contributed by atoms with Gasteiger partial charge in [-0.1, -0.05) is 12.1 Å². The third kappa shape index (κ3) is 4.57. The maximum absolute atomic E-state index is 13.4. The zero-order valence-corrected chi connectivity index (χ0v) is 22.4. The summed E-state index contributed by atoms with van der Waals surface area (Å²) in [7, 11) is 0. The normalized spacial score (nSPS) is 28.0. The zero-order valence-electron chi connectivity index (χ0n) is 22.4. The first-order chi connectivity index (χ1) is 20.0. The van der Waals surface area contributed by atoms with Crippen molar-refractivity contribution in [1.29, 1.82) is 0 Å². The molecule has 222 valence electrons. The molecule has 0 radical (unpaired) electrons. The average Bonchev–Trinajstić information content (AvgIpc) is 3.46. The quantitative estimate of drug-likeness (QED) is 0.280. The smallest absolute Gasteiger partial charge is 0.386 e. The first-order valence-corrected chi connectivity index (χ1v) is 13.6. The number of aromatic nitrogens is 1. The van der Waals surface area contributed by atoms with E-state index < -0.39 is 47.5 Å². The number of halogens is 3. The Morgan fingerprint density at radius 3 is 2.64 bits per heavy atom. The van der Waals surface area contributed by atoms with Crippen LogP contribution >= 0.6 is 0 Å². The fourth-order valence-corrected chi connectivity index (χ4v) is 6.43. The largest absolute Gasteiger partial charge is 0.417 e. The number of carbonyl (C=O) groups is 2. The zero-order chi connectivity index (χ0) is 29.8. The molecule has 3 unspecified atom stereocenters. The number of aliphatic hydroxyl groups excluding tert-OH is 1. The van der Waals surface area contributed by atoms with Crippen molar-refractivity contribution in [3.63, 3.8) is 0 Å². The number of aryl methyl sites for hydroxylation is 1. The van der Waals surface area contributed by atoms with Crippen LogP contribution in [0.5, 0.6) is 0 Å². The molecule has 12 nitrogen and oxygen atoms in total. The van der Waals surface area contributed by atoms with Gasteiger partial charge in [0.1, 0.15) is 17.8 Å². The molecule has 2 aromatic rings. The van der Waals surface area contributed by atoms with E-state index in [-0.39, 0.29) is 36.6 Å². The summed E-state index contributed by atoms with van der Waals surface area (Å²) in [6, 6.07) is 5.06. The monoisotopic (exact) mass is 585 g/mol. The molecule has 1 saturated heterocycles. The van der Waals surface area contributed by atoms with Crippen LogP contribution in [0.25, 0.3) is 0 Å². The van der Waals surface area contributed by atoms with Crippen LogP contribution in [0, 0.1) is 0 Å². The first-order valence-electron chi connectivity index (χ1n) is 13.6. The molecule has 3 aliphatic heterocycles. The number of guanidine groups is 2. The minimum Gasteiger partial charge on any atom is -0.386 e. The second-order valence-corrected chi connectivity index (χ2v) is 10.9. The van der Waals surface area contributed by atoms with Crippen LogP contribution in [0.3, 0.4) is 0 Å². The van der Waals surface area contributed by atoms with Crippen molar-refractivity contribution in [3.8, 4) is 0 Å². The number of nitrogens with zero attached hydrogens (tertiary/aromatic N) is 4. The lowest BCUT2D eigenvalue weighted by molar-refractivity contribution is -0.137. The van der Waals surface area contributed by atoms with Crippen molar-refractivity contribution >= 4 is 23.7 Å². The number of carbonyl (C=O) groups excluding carboxylic acids is 2. The second-order valence-electron chi connectivity index (χ2n) is 10.9. The molecule has 1 aromatic carbocycles. The summed E-state index contributed by atoms with van der Waals surface area (Å²) in [5.41, 5.74) is 12.6. The number of benzene rings is 1. The van der Waals surface area contributed by atoms with Gasteiger partial charge in [-0.15, -0.1) is 0 Å². The number of alkyl halides is 3. The van der Waals surface area contributed by atoms with Crippen molar-refractivity contribution in [2.24, 2.45) is 21.5 Å². The summed E-state index contributed by atoms with van der Waals surface area (Å²) < 4.78 is 38.6. The van der Waals surface area contributed by atoms with Crippen LogP contribution in [0.15, 0.2) is 46.5 Å². The van der Waals surface area contributed by atoms with Gasteiger partial charge in [-0.3, -0.25) is 14.6 Å². The molecular formula is C27H30F3N9O3.